The minimum atomic E-state index is -1.34. The summed E-state index contributed by atoms with van der Waals surface area (Å²) in [6.45, 7) is -0.410. The Morgan fingerprint density at radius 2 is 1.87 bits per heavy atom. The van der Waals surface area contributed by atoms with Gasteiger partial charge in [-0.15, -0.1) is 0 Å². The van der Waals surface area contributed by atoms with Gasteiger partial charge < -0.3 is 9.47 Å². The Hall–Kier alpha value is -3.87. The van der Waals surface area contributed by atoms with E-state index >= 15 is 0 Å². The molecule has 156 valence electrons. The molecule has 2 heterocycles. The van der Waals surface area contributed by atoms with Gasteiger partial charge in [0.1, 0.15) is 25.1 Å². The van der Waals surface area contributed by atoms with Crippen LogP contribution in [0, 0.1) is 14.7 Å². The van der Waals surface area contributed by atoms with Gasteiger partial charge in [0.05, 0.1) is 0 Å². The Morgan fingerprint density at radius 3 is 2.50 bits per heavy atom. The molecule has 1 fully saturated rings. The lowest BCUT2D eigenvalue weighted by Crippen LogP contribution is -2.34. The van der Waals surface area contributed by atoms with E-state index in [1.807, 2.05) is 6.07 Å². The molecular weight excluding hydrogens is 400 g/mol. The molecule has 0 radical (unpaired) electrons. The molecule has 1 aliphatic rings. The number of amides is 1. The molecule has 13 nitrogen and oxygen atoms in total. The van der Waals surface area contributed by atoms with E-state index in [-0.39, 0.29) is 12.4 Å². The van der Waals surface area contributed by atoms with Crippen molar-refractivity contribution in [3.8, 4) is 0 Å². The number of carbonyl (C=O) groups excluding carboxylic acids is 1. The Morgan fingerprint density at radius 1 is 1.13 bits per heavy atom. The molecular formula is C17H16N6O7. The third-order valence-electron chi connectivity index (χ3n) is 4.38. The Kier molecular flexibility index (Phi) is 6.64. The number of nitrogens with one attached hydrogen (secondary N) is 1. The zero-order valence-electron chi connectivity index (χ0n) is 15.4. The maximum Gasteiger partial charge on any atom is 0.413 e. The number of benzene rings is 1. The first-order valence-corrected chi connectivity index (χ1v) is 8.73. The van der Waals surface area contributed by atoms with E-state index < -0.39 is 42.7 Å². The Bertz CT molecular complexity index is 982. The smallest absolute Gasteiger partial charge is 0.413 e. The fraction of sp³-hybridized carbons (Fsp3) is 0.353. The highest BCUT2D eigenvalue weighted by Gasteiger charge is 2.48. The van der Waals surface area contributed by atoms with Crippen molar-refractivity contribution in [3.05, 3.63) is 73.4 Å². The maximum absolute atomic E-state index is 12.4. The fourth-order valence-corrected chi connectivity index (χ4v) is 2.97. The quantitative estimate of drug-likeness (QED) is 0.636. The summed E-state index contributed by atoms with van der Waals surface area (Å²) in [6.07, 6.45) is -2.01. The monoisotopic (exact) mass is 416 g/mol. The number of anilines is 1. The summed E-state index contributed by atoms with van der Waals surface area (Å²) in [6, 6.07) is 7.62. The first kappa shape index (κ1) is 20.9. The van der Waals surface area contributed by atoms with Crippen LogP contribution in [0.5, 0.6) is 0 Å². The predicted molar refractivity (Wildman–Crippen MR) is 102 cm³/mol. The molecule has 4 unspecified atom stereocenters. The first-order chi connectivity index (χ1) is 14.6. The number of hydrogen-bond donors (Lipinski definition) is 1. The SMILES string of the molecule is O=NCC1OC(n2ccc(NC(=O)OCc3ccccc3)nc2=O)C(N=O)C1N=O. The summed E-state index contributed by atoms with van der Waals surface area (Å²) < 4.78 is 11.4. The van der Waals surface area contributed by atoms with Crippen LogP contribution in [0.3, 0.4) is 0 Å². The number of hydrogen-bond acceptors (Lipinski definition) is 11. The van der Waals surface area contributed by atoms with Gasteiger partial charge in [0.15, 0.2) is 18.3 Å². The Balaban J connectivity index is 1.69. The molecule has 0 bridgehead atoms. The van der Waals surface area contributed by atoms with E-state index in [1.165, 1.54) is 12.3 Å². The number of ether oxygens (including phenoxy) is 2. The summed E-state index contributed by atoms with van der Waals surface area (Å²) in [5, 5.41) is 10.5. The summed E-state index contributed by atoms with van der Waals surface area (Å²) in [5.74, 6) is -0.0981. The van der Waals surface area contributed by atoms with Crippen LogP contribution in [-0.4, -0.2) is 40.4 Å². The van der Waals surface area contributed by atoms with Gasteiger partial charge in [-0.2, -0.15) is 19.7 Å². The van der Waals surface area contributed by atoms with Gasteiger partial charge in [0.25, 0.3) is 0 Å². The molecule has 1 aromatic heterocycles. The van der Waals surface area contributed by atoms with E-state index in [0.29, 0.717) is 0 Å². The van der Waals surface area contributed by atoms with Gasteiger partial charge >= 0.3 is 11.8 Å². The fourth-order valence-electron chi connectivity index (χ4n) is 2.97. The number of aromatic nitrogens is 2. The normalized spacial score (nSPS) is 22.8. The number of nitrogens with zero attached hydrogens (tertiary/aromatic N) is 5. The zero-order valence-corrected chi connectivity index (χ0v) is 15.4. The Labute approximate surface area is 168 Å². The van der Waals surface area contributed by atoms with Gasteiger partial charge in [0, 0.05) is 6.20 Å². The molecule has 1 aliphatic heterocycles. The second-order valence-electron chi connectivity index (χ2n) is 6.26. The highest BCUT2D eigenvalue weighted by atomic mass is 16.5. The molecule has 4 atom stereocenters. The van der Waals surface area contributed by atoms with E-state index in [9.17, 15) is 24.3 Å². The lowest BCUT2D eigenvalue weighted by atomic mass is 10.1. The van der Waals surface area contributed by atoms with Crippen molar-refractivity contribution in [2.24, 2.45) is 15.5 Å². The largest absolute Gasteiger partial charge is 0.444 e. The van der Waals surface area contributed by atoms with Crippen molar-refractivity contribution in [2.75, 3.05) is 11.9 Å². The zero-order chi connectivity index (χ0) is 21.5. The second kappa shape index (κ2) is 9.56. The molecule has 1 saturated heterocycles. The van der Waals surface area contributed by atoms with Crippen LogP contribution in [-0.2, 0) is 16.1 Å². The number of carbonyl (C=O) groups is 1. The average Bonchev–Trinajstić information content (AvgIpc) is 3.10. The third-order valence-corrected chi connectivity index (χ3v) is 4.38. The summed E-state index contributed by atoms with van der Waals surface area (Å²) >= 11 is 0. The molecule has 0 aliphatic carbocycles. The lowest BCUT2D eigenvalue weighted by molar-refractivity contribution is -0.00239. The van der Waals surface area contributed by atoms with Gasteiger partial charge in [0.2, 0.25) is 0 Å². The van der Waals surface area contributed by atoms with E-state index in [1.54, 1.807) is 24.3 Å². The molecule has 1 aromatic carbocycles. The van der Waals surface area contributed by atoms with E-state index in [2.05, 4.69) is 25.8 Å². The third kappa shape index (κ3) is 4.57. The van der Waals surface area contributed by atoms with Gasteiger partial charge in [-0.05, 0) is 11.6 Å². The molecule has 0 saturated carbocycles. The summed E-state index contributed by atoms with van der Waals surface area (Å²) in [5.41, 5.74) is -0.113. The van der Waals surface area contributed by atoms with Crippen molar-refractivity contribution >= 4 is 11.9 Å². The highest BCUT2D eigenvalue weighted by molar-refractivity contribution is 5.83. The van der Waals surface area contributed by atoms with Crippen LogP contribution >= 0.6 is 0 Å². The van der Waals surface area contributed by atoms with E-state index in [0.717, 1.165) is 10.1 Å². The second-order valence-corrected chi connectivity index (χ2v) is 6.26. The summed E-state index contributed by atoms with van der Waals surface area (Å²) in [4.78, 5) is 60.6. The first-order valence-electron chi connectivity index (χ1n) is 8.73. The lowest BCUT2D eigenvalue weighted by Gasteiger charge is -2.16. The molecule has 3 rings (SSSR count). The van der Waals surface area contributed by atoms with Crippen LogP contribution in [0.2, 0.25) is 0 Å². The molecule has 30 heavy (non-hydrogen) atoms. The molecule has 1 N–H and O–H groups in total. The van der Waals surface area contributed by atoms with Crippen molar-refractivity contribution in [1.82, 2.24) is 9.55 Å². The van der Waals surface area contributed by atoms with Crippen molar-refractivity contribution in [2.45, 2.75) is 31.0 Å². The van der Waals surface area contributed by atoms with Crippen LogP contribution in [0.15, 0.2) is 62.9 Å². The average molecular weight is 416 g/mol. The van der Waals surface area contributed by atoms with Gasteiger partial charge in [-0.25, -0.2) is 9.59 Å². The van der Waals surface area contributed by atoms with E-state index in [4.69, 9.17) is 9.47 Å². The minimum absolute atomic E-state index is 0.0264. The molecule has 0 spiro atoms. The van der Waals surface area contributed by atoms with Crippen molar-refractivity contribution in [1.29, 1.82) is 0 Å². The number of rotatable bonds is 8. The van der Waals surface area contributed by atoms with Crippen LogP contribution in [0.25, 0.3) is 0 Å². The van der Waals surface area contributed by atoms with Crippen LogP contribution in [0.1, 0.15) is 11.8 Å². The minimum Gasteiger partial charge on any atom is -0.444 e. The summed E-state index contributed by atoms with van der Waals surface area (Å²) in [7, 11) is 0. The van der Waals surface area contributed by atoms with Crippen molar-refractivity contribution < 1.29 is 14.3 Å². The van der Waals surface area contributed by atoms with Gasteiger partial charge in [-0.1, -0.05) is 45.9 Å². The topological polar surface area (TPSA) is 171 Å². The molecule has 2 aromatic rings. The van der Waals surface area contributed by atoms with Gasteiger partial charge in [-0.3, -0.25) is 9.88 Å². The highest BCUT2D eigenvalue weighted by Crippen LogP contribution is 2.33. The van der Waals surface area contributed by atoms with Crippen LogP contribution in [0.4, 0.5) is 10.6 Å². The standard InChI is InChI=1S/C17H16N6O7/c24-16-19-12(20-17(25)29-9-10-4-2-1-3-5-10)6-7-23(16)15-14(22-28)13(21-27)11(30-15)8-18-26/h1-7,11,13-15H,8-9H2,(H,19,20,24,25). The maximum atomic E-state index is 12.4. The predicted octanol–water partition coefficient (Wildman–Crippen LogP) is 1.93. The van der Waals surface area contributed by atoms with Crippen LogP contribution < -0.4 is 11.0 Å². The molecule has 1 amide bonds. The molecule has 13 heteroatoms. The van der Waals surface area contributed by atoms with Crippen molar-refractivity contribution in [3.63, 3.8) is 0 Å². The number of nitroso groups, excluding NO2 is 3.